The quantitative estimate of drug-likeness (QED) is 0.573. The lowest BCUT2D eigenvalue weighted by Gasteiger charge is -2.62. The molecule has 3 saturated carbocycles. The van der Waals surface area contributed by atoms with E-state index in [-0.39, 0.29) is 40.7 Å². The molecule has 0 amide bonds. The van der Waals surface area contributed by atoms with Gasteiger partial charge in [0.15, 0.2) is 0 Å². The predicted molar refractivity (Wildman–Crippen MR) is 113 cm³/mol. The monoisotopic (exact) mass is 405 g/mol. The van der Waals surface area contributed by atoms with E-state index in [1.54, 1.807) is 6.08 Å². The van der Waals surface area contributed by atoms with Crippen molar-refractivity contribution in [2.45, 2.75) is 65.9 Å². The van der Waals surface area contributed by atoms with Crippen LogP contribution in [0, 0.1) is 34.5 Å². The Morgan fingerprint density at radius 1 is 1.28 bits per heavy atom. The second-order valence-corrected chi connectivity index (χ2v) is 10.8. The summed E-state index contributed by atoms with van der Waals surface area (Å²) in [5.41, 5.74) is 0.905. The van der Waals surface area contributed by atoms with Gasteiger partial charge in [0.25, 0.3) is 0 Å². The molecule has 0 aromatic rings. The maximum Gasteiger partial charge on any atom is 0.330 e. The van der Waals surface area contributed by atoms with Crippen LogP contribution in [0.2, 0.25) is 0 Å². The average Bonchev–Trinajstić information content (AvgIpc) is 2.63. The molecule has 5 heteroatoms. The molecule has 29 heavy (non-hydrogen) atoms. The lowest BCUT2D eigenvalue weighted by molar-refractivity contribution is -0.172. The topological polar surface area (TPSA) is 66.8 Å². The molecule has 3 fully saturated rings. The number of aliphatic hydroxyl groups is 1. The first-order chi connectivity index (χ1) is 13.5. The van der Waals surface area contributed by atoms with Gasteiger partial charge in [-0.2, -0.15) is 0 Å². The number of hydrogen-bond acceptors (Lipinski definition) is 5. The number of allylic oxidation sites excluding steroid dienone is 1. The number of rotatable bonds is 4. The third-order valence-corrected chi connectivity index (χ3v) is 8.52. The van der Waals surface area contributed by atoms with Crippen LogP contribution in [-0.4, -0.2) is 55.1 Å². The van der Waals surface area contributed by atoms with Gasteiger partial charge in [0, 0.05) is 25.0 Å². The maximum absolute atomic E-state index is 13.3. The molecule has 0 spiro atoms. The normalized spacial score (nSPS) is 40.5. The first kappa shape index (κ1) is 22.5. The largest absolute Gasteiger partial charge is 0.461 e. The molecule has 3 aliphatic rings. The van der Waals surface area contributed by atoms with Crippen LogP contribution in [0.4, 0.5) is 0 Å². The highest BCUT2D eigenvalue weighted by Crippen LogP contribution is 2.63. The molecule has 0 unspecified atom stereocenters. The highest BCUT2D eigenvalue weighted by Gasteiger charge is 2.61. The fourth-order valence-corrected chi connectivity index (χ4v) is 6.63. The standard InChI is InChI=1S/C24H39NO4/c1-15-16(13-21(28)29-12-11-25(5)6)7-8-17-22(15)18(26)14-19-23(2,3)20(27)9-10-24(17,19)4/h13,15,17,19-20,22,27H,7-12,14H2,1-6H3/t15-,17-,19-,20-,22-,24+/m0/s1. The zero-order valence-corrected chi connectivity index (χ0v) is 19.0. The van der Waals surface area contributed by atoms with Crippen LogP contribution in [0.5, 0.6) is 0 Å². The fourth-order valence-electron chi connectivity index (χ4n) is 6.63. The molecule has 1 N–H and O–H groups in total. The molecule has 3 rings (SSSR count). The third-order valence-electron chi connectivity index (χ3n) is 8.52. The number of esters is 1. The Labute approximate surface area is 175 Å². The van der Waals surface area contributed by atoms with Crippen LogP contribution in [-0.2, 0) is 14.3 Å². The molecule has 5 nitrogen and oxygen atoms in total. The van der Waals surface area contributed by atoms with Crippen LogP contribution in [0.1, 0.15) is 59.8 Å². The van der Waals surface area contributed by atoms with Crippen LogP contribution in [0.25, 0.3) is 0 Å². The van der Waals surface area contributed by atoms with Gasteiger partial charge in [-0.05, 0) is 68.4 Å². The molecule has 0 aromatic heterocycles. The van der Waals surface area contributed by atoms with E-state index in [1.807, 2.05) is 19.0 Å². The summed E-state index contributed by atoms with van der Waals surface area (Å²) in [6.45, 7) is 9.82. The van der Waals surface area contributed by atoms with Gasteiger partial charge < -0.3 is 14.7 Å². The smallest absolute Gasteiger partial charge is 0.330 e. The molecular weight excluding hydrogens is 366 g/mol. The molecular formula is C24H39NO4. The van der Waals surface area contributed by atoms with Gasteiger partial charge in [-0.3, -0.25) is 4.79 Å². The highest BCUT2D eigenvalue weighted by molar-refractivity contribution is 5.86. The summed E-state index contributed by atoms with van der Waals surface area (Å²) in [5, 5.41) is 10.6. The van der Waals surface area contributed by atoms with Crippen LogP contribution in [0.3, 0.4) is 0 Å². The first-order valence-corrected chi connectivity index (χ1v) is 11.2. The Balaban J connectivity index is 1.78. The lowest BCUT2D eigenvalue weighted by atomic mass is 9.42. The third kappa shape index (κ3) is 4.05. The number of aliphatic hydroxyl groups excluding tert-OH is 1. The number of fused-ring (bicyclic) bond motifs is 3. The van der Waals surface area contributed by atoms with Gasteiger partial charge in [0.05, 0.1) is 6.10 Å². The summed E-state index contributed by atoms with van der Waals surface area (Å²) in [6.07, 6.45) is 5.44. The van der Waals surface area contributed by atoms with Crippen molar-refractivity contribution in [1.29, 1.82) is 0 Å². The number of nitrogens with zero attached hydrogens (tertiary/aromatic N) is 1. The van der Waals surface area contributed by atoms with E-state index in [4.69, 9.17) is 4.74 Å². The van der Waals surface area contributed by atoms with Gasteiger partial charge in [-0.25, -0.2) is 4.79 Å². The highest BCUT2D eigenvalue weighted by atomic mass is 16.5. The second kappa shape index (κ2) is 8.14. The van der Waals surface area contributed by atoms with Crippen molar-refractivity contribution in [1.82, 2.24) is 4.90 Å². The number of hydrogen-bond donors (Lipinski definition) is 1. The number of carbonyl (C=O) groups is 2. The van der Waals surface area contributed by atoms with Gasteiger partial charge in [0.2, 0.25) is 0 Å². The van der Waals surface area contributed by atoms with Gasteiger partial charge in [-0.1, -0.05) is 33.3 Å². The number of Topliss-reactive ketones (excluding diaryl/α,β-unsaturated/α-hetero) is 1. The van der Waals surface area contributed by atoms with Crippen LogP contribution in [0.15, 0.2) is 11.6 Å². The molecule has 0 radical (unpaired) electrons. The number of carbonyl (C=O) groups excluding carboxylic acids is 2. The summed E-state index contributed by atoms with van der Waals surface area (Å²) in [4.78, 5) is 27.5. The predicted octanol–water partition coefficient (Wildman–Crippen LogP) is 3.46. The Kier molecular flexibility index (Phi) is 6.31. The molecule has 0 aliphatic heterocycles. The molecule has 0 heterocycles. The number of ketones is 1. The van der Waals surface area contributed by atoms with Gasteiger partial charge >= 0.3 is 5.97 Å². The van der Waals surface area contributed by atoms with Gasteiger partial charge in [0.1, 0.15) is 12.4 Å². The van der Waals surface area contributed by atoms with E-state index in [0.717, 1.165) is 31.3 Å². The Hall–Kier alpha value is -1.20. The fraction of sp³-hybridized carbons (Fsp3) is 0.833. The van der Waals surface area contributed by atoms with E-state index < -0.39 is 0 Å². The number of ether oxygens (including phenoxy) is 1. The Bertz CT molecular complexity index is 682. The first-order valence-electron chi connectivity index (χ1n) is 11.2. The molecule has 0 aromatic carbocycles. The van der Waals surface area contributed by atoms with E-state index in [0.29, 0.717) is 31.3 Å². The summed E-state index contributed by atoms with van der Waals surface area (Å²) in [5.74, 6) is 0.645. The Morgan fingerprint density at radius 3 is 2.62 bits per heavy atom. The maximum atomic E-state index is 13.3. The lowest BCUT2D eigenvalue weighted by Crippen LogP contribution is -2.60. The van der Waals surface area contributed by atoms with Crippen molar-refractivity contribution in [3.05, 3.63) is 11.6 Å². The molecule has 3 aliphatic carbocycles. The minimum atomic E-state index is -0.335. The molecule has 6 atom stereocenters. The summed E-state index contributed by atoms with van der Waals surface area (Å²) < 4.78 is 5.34. The zero-order chi connectivity index (χ0) is 21.6. The molecule has 0 saturated heterocycles. The number of likely N-dealkylation sites (N-methyl/N-ethyl adjacent to an activating group) is 1. The van der Waals surface area contributed by atoms with Crippen molar-refractivity contribution in [3.63, 3.8) is 0 Å². The minimum Gasteiger partial charge on any atom is -0.461 e. The summed E-state index contributed by atoms with van der Waals surface area (Å²) in [7, 11) is 3.90. The molecule has 164 valence electrons. The van der Waals surface area contributed by atoms with Crippen molar-refractivity contribution in [2.75, 3.05) is 27.2 Å². The van der Waals surface area contributed by atoms with Crippen LogP contribution >= 0.6 is 0 Å². The minimum absolute atomic E-state index is 0.0168. The van der Waals surface area contributed by atoms with Gasteiger partial charge in [-0.15, -0.1) is 0 Å². The van der Waals surface area contributed by atoms with E-state index >= 15 is 0 Å². The summed E-state index contributed by atoms with van der Waals surface area (Å²) in [6, 6.07) is 0. The second-order valence-electron chi connectivity index (χ2n) is 10.8. The Morgan fingerprint density at radius 2 is 1.97 bits per heavy atom. The SMILES string of the molecule is C[C@H]1C(=CC(=O)OCCN(C)C)CC[C@H]2[C@H]1C(=O)C[C@H]1C(C)(C)[C@@H](O)CC[C@]21C. The average molecular weight is 406 g/mol. The van der Waals surface area contributed by atoms with E-state index in [1.165, 1.54) is 0 Å². The van der Waals surface area contributed by atoms with Crippen molar-refractivity contribution >= 4 is 11.8 Å². The molecule has 0 bridgehead atoms. The van der Waals surface area contributed by atoms with E-state index in [9.17, 15) is 14.7 Å². The zero-order valence-electron chi connectivity index (χ0n) is 19.0. The summed E-state index contributed by atoms with van der Waals surface area (Å²) >= 11 is 0. The van der Waals surface area contributed by atoms with E-state index in [2.05, 4.69) is 27.7 Å². The van der Waals surface area contributed by atoms with Crippen molar-refractivity contribution < 1.29 is 19.4 Å². The van der Waals surface area contributed by atoms with Crippen LogP contribution < -0.4 is 0 Å². The van der Waals surface area contributed by atoms with Crippen molar-refractivity contribution in [2.24, 2.45) is 34.5 Å². The van der Waals surface area contributed by atoms with Crippen molar-refractivity contribution in [3.8, 4) is 0 Å².